The third-order valence-corrected chi connectivity index (χ3v) is 3.76. The van der Waals surface area contributed by atoms with Gasteiger partial charge in [0, 0.05) is 40.0 Å². The fraction of sp³-hybridized carbons (Fsp3) is 0.650. The van der Waals surface area contributed by atoms with Crippen molar-refractivity contribution in [2.24, 2.45) is 4.99 Å². The molecule has 0 fully saturated rings. The summed E-state index contributed by atoms with van der Waals surface area (Å²) < 4.78 is 11.2. The summed E-state index contributed by atoms with van der Waals surface area (Å²) in [5, 5.41) is 6.61. The molecule has 0 aliphatic carbocycles. The lowest BCUT2D eigenvalue weighted by Gasteiger charge is -2.12. The number of guanidine groups is 1. The molecule has 0 radical (unpaired) electrons. The summed E-state index contributed by atoms with van der Waals surface area (Å²) in [6, 6.07) is 10.4. The third-order valence-electron chi connectivity index (χ3n) is 3.76. The SMILES string of the molecule is CCCCOCCCNC(=NC)NCCCOCCc1ccccc1. The molecule has 1 rings (SSSR count). The molecule has 0 heterocycles. The Hall–Kier alpha value is -1.59. The van der Waals surface area contributed by atoms with Crippen molar-refractivity contribution in [3.8, 4) is 0 Å². The van der Waals surface area contributed by atoms with E-state index in [9.17, 15) is 0 Å². The molecule has 0 bridgehead atoms. The van der Waals surface area contributed by atoms with Gasteiger partial charge in [0.25, 0.3) is 0 Å². The van der Waals surface area contributed by atoms with Gasteiger partial charge in [-0.3, -0.25) is 4.99 Å². The first kappa shape index (κ1) is 21.5. The lowest BCUT2D eigenvalue weighted by Crippen LogP contribution is -2.38. The van der Waals surface area contributed by atoms with E-state index >= 15 is 0 Å². The lowest BCUT2D eigenvalue weighted by atomic mass is 10.2. The van der Waals surface area contributed by atoms with Crippen LogP contribution in [-0.4, -0.2) is 52.5 Å². The van der Waals surface area contributed by atoms with Gasteiger partial charge in [-0.05, 0) is 31.2 Å². The van der Waals surface area contributed by atoms with Crippen molar-refractivity contribution in [1.29, 1.82) is 0 Å². The van der Waals surface area contributed by atoms with E-state index in [0.717, 1.165) is 71.2 Å². The molecule has 0 atom stereocenters. The minimum Gasteiger partial charge on any atom is -0.381 e. The standard InChI is InChI=1S/C20H35N3O2/c1-3-4-15-24-16-8-13-22-20(21-2)23-14-9-17-25-18-12-19-10-6-5-7-11-19/h5-7,10-11H,3-4,8-9,12-18H2,1-2H3,(H2,21,22,23). The van der Waals surface area contributed by atoms with Crippen LogP contribution >= 0.6 is 0 Å². The molecule has 0 amide bonds. The third kappa shape index (κ3) is 12.4. The highest BCUT2D eigenvalue weighted by molar-refractivity contribution is 5.79. The highest BCUT2D eigenvalue weighted by Crippen LogP contribution is 1.99. The molecule has 142 valence electrons. The van der Waals surface area contributed by atoms with E-state index in [1.807, 2.05) is 6.07 Å². The molecule has 0 saturated heterocycles. The lowest BCUT2D eigenvalue weighted by molar-refractivity contribution is 0.129. The summed E-state index contributed by atoms with van der Waals surface area (Å²) in [6.07, 6.45) is 5.26. The average molecular weight is 350 g/mol. The summed E-state index contributed by atoms with van der Waals surface area (Å²) in [5.74, 6) is 0.845. The van der Waals surface area contributed by atoms with Gasteiger partial charge in [0.1, 0.15) is 0 Å². The van der Waals surface area contributed by atoms with Crippen LogP contribution in [0.25, 0.3) is 0 Å². The molecule has 0 saturated carbocycles. The van der Waals surface area contributed by atoms with Crippen molar-refractivity contribution < 1.29 is 9.47 Å². The Morgan fingerprint density at radius 2 is 1.48 bits per heavy atom. The first-order chi connectivity index (χ1) is 12.4. The molecule has 0 unspecified atom stereocenters. The normalized spacial score (nSPS) is 11.5. The van der Waals surface area contributed by atoms with Crippen LogP contribution < -0.4 is 10.6 Å². The highest BCUT2D eigenvalue weighted by Gasteiger charge is 1.97. The highest BCUT2D eigenvalue weighted by atomic mass is 16.5. The molecular formula is C20H35N3O2. The zero-order chi connectivity index (χ0) is 18.0. The minimum absolute atomic E-state index is 0.766. The quantitative estimate of drug-likeness (QED) is 0.308. The van der Waals surface area contributed by atoms with Gasteiger partial charge < -0.3 is 20.1 Å². The fourth-order valence-corrected chi connectivity index (χ4v) is 2.27. The van der Waals surface area contributed by atoms with E-state index in [2.05, 4.69) is 46.8 Å². The number of unbranched alkanes of at least 4 members (excludes halogenated alkanes) is 1. The number of rotatable bonds is 14. The second-order valence-corrected chi connectivity index (χ2v) is 5.95. The summed E-state index contributed by atoms with van der Waals surface area (Å²) in [6.45, 7) is 7.12. The van der Waals surface area contributed by atoms with Gasteiger partial charge in [0.15, 0.2) is 5.96 Å². The van der Waals surface area contributed by atoms with Crippen LogP contribution in [0.4, 0.5) is 0 Å². The predicted octanol–water partition coefficient (Wildman–Crippen LogP) is 3.01. The summed E-state index contributed by atoms with van der Waals surface area (Å²) in [7, 11) is 1.80. The zero-order valence-electron chi connectivity index (χ0n) is 15.9. The van der Waals surface area contributed by atoms with Gasteiger partial charge in [-0.15, -0.1) is 0 Å². The Bertz CT molecular complexity index is 438. The van der Waals surface area contributed by atoms with Gasteiger partial charge in [-0.1, -0.05) is 43.7 Å². The molecule has 1 aromatic rings. The Morgan fingerprint density at radius 1 is 0.880 bits per heavy atom. The average Bonchev–Trinajstić information content (AvgIpc) is 2.65. The molecule has 5 nitrogen and oxygen atoms in total. The van der Waals surface area contributed by atoms with Gasteiger partial charge in [-0.25, -0.2) is 0 Å². The number of hydrogen-bond donors (Lipinski definition) is 2. The fourth-order valence-electron chi connectivity index (χ4n) is 2.27. The van der Waals surface area contributed by atoms with E-state index in [1.165, 1.54) is 12.0 Å². The van der Waals surface area contributed by atoms with Crippen molar-refractivity contribution in [2.45, 2.75) is 39.0 Å². The van der Waals surface area contributed by atoms with Crippen molar-refractivity contribution in [1.82, 2.24) is 10.6 Å². The second kappa shape index (κ2) is 15.9. The largest absolute Gasteiger partial charge is 0.381 e. The molecule has 0 aliphatic heterocycles. The Kier molecular flexibility index (Phi) is 13.7. The second-order valence-electron chi connectivity index (χ2n) is 5.95. The molecule has 0 spiro atoms. The van der Waals surface area contributed by atoms with Crippen LogP contribution in [-0.2, 0) is 15.9 Å². The van der Waals surface area contributed by atoms with E-state index in [0.29, 0.717) is 0 Å². The van der Waals surface area contributed by atoms with E-state index < -0.39 is 0 Å². The zero-order valence-corrected chi connectivity index (χ0v) is 15.9. The van der Waals surface area contributed by atoms with Crippen LogP contribution in [0.1, 0.15) is 38.2 Å². The predicted molar refractivity (Wildman–Crippen MR) is 105 cm³/mol. The van der Waals surface area contributed by atoms with Gasteiger partial charge >= 0.3 is 0 Å². The summed E-state index contributed by atoms with van der Waals surface area (Å²) >= 11 is 0. The van der Waals surface area contributed by atoms with Crippen LogP contribution in [0, 0.1) is 0 Å². The molecule has 5 heteroatoms. The van der Waals surface area contributed by atoms with E-state index in [4.69, 9.17) is 9.47 Å². The number of hydrogen-bond acceptors (Lipinski definition) is 3. The number of ether oxygens (including phenoxy) is 2. The van der Waals surface area contributed by atoms with E-state index in [-0.39, 0.29) is 0 Å². The van der Waals surface area contributed by atoms with Crippen molar-refractivity contribution in [2.75, 3.05) is 46.6 Å². The summed E-state index contributed by atoms with van der Waals surface area (Å²) in [4.78, 5) is 4.22. The van der Waals surface area contributed by atoms with Crippen LogP contribution in [0.2, 0.25) is 0 Å². The molecule has 1 aromatic carbocycles. The monoisotopic (exact) mass is 349 g/mol. The topological polar surface area (TPSA) is 54.9 Å². The number of benzene rings is 1. The van der Waals surface area contributed by atoms with Crippen molar-refractivity contribution >= 4 is 5.96 Å². The number of nitrogens with one attached hydrogen (secondary N) is 2. The van der Waals surface area contributed by atoms with Crippen molar-refractivity contribution in [3.63, 3.8) is 0 Å². The summed E-state index contributed by atoms with van der Waals surface area (Å²) in [5.41, 5.74) is 1.32. The molecule has 25 heavy (non-hydrogen) atoms. The Labute approximate surface area is 153 Å². The first-order valence-corrected chi connectivity index (χ1v) is 9.50. The maximum atomic E-state index is 5.68. The van der Waals surface area contributed by atoms with Crippen molar-refractivity contribution in [3.05, 3.63) is 35.9 Å². The van der Waals surface area contributed by atoms with Gasteiger partial charge in [-0.2, -0.15) is 0 Å². The minimum atomic E-state index is 0.766. The number of nitrogens with zero attached hydrogens (tertiary/aromatic N) is 1. The molecule has 0 aromatic heterocycles. The molecule has 2 N–H and O–H groups in total. The van der Waals surface area contributed by atoms with Gasteiger partial charge in [0.05, 0.1) is 6.61 Å². The maximum absolute atomic E-state index is 5.68. The Balaban J connectivity index is 1.91. The maximum Gasteiger partial charge on any atom is 0.190 e. The van der Waals surface area contributed by atoms with Crippen LogP contribution in [0.15, 0.2) is 35.3 Å². The van der Waals surface area contributed by atoms with Gasteiger partial charge in [0.2, 0.25) is 0 Å². The van der Waals surface area contributed by atoms with Crippen LogP contribution in [0.5, 0.6) is 0 Å². The number of aliphatic imine (C=N–C) groups is 1. The smallest absolute Gasteiger partial charge is 0.190 e. The first-order valence-electron chi connectivity index (χ1n) is 9.50. The van der Waals surface area contributed by atoms with Crippen LogP contribution in [0.3, 0.4) is 0 Å². The molecule has 0 aliphatic rings. The molecular weight excluding hydrogens is 314 g/mol. The Morgan fingerprint density at radius 3 is 2.08 bits per heavy atom. The van der Waals surface area contributed by atoms with E-state index in [1.54, 1.807) is 7.05 Å².